The number of nitrogens with one attached hydrogen (secondary N) is 1. The molecule has 7 heteroatoms. The molecule has 0 radical (unpaired) electrons. The van der Waals surface area contributed by atoms with Crippen LogP contribution in [0.5, 0.6) is 11.5 Å². The van der Waals surface area contributed by atoms with Crippen molar-refractivity contribution >= 4 is 10.0 Å². The summed E-state index contributed by atoms with van der Waals surface area (Å²) in [6, 6.07) is 11.7. The molecule has 2 aromatic carbocycles. The van der Waals surface area contributed by atoms with Crippen molar-refractivity contribution in [2.45, 2.75) is 11.8 Å². The second kappa shape index (κ2) is 7.94. The van der Waals surface area contributed by atoms with E-state index in [1.165, 1.54) is 12.1 Å². The van der Waals surface area contributed by atoms with Gasteiger partial charge >= 0.3 is 0 Å². The van der Waals surface area contributed by atoms with Gasteiger partial charge in [0.05, 0.1) is 11.5 Å². The minimum Gasteiger partial charge on any atom is -0.494 e. The molecule has 0 fully saturated rings. The lowest BCUT2D eigenvalue weighted by atomic mass is 10.3. The molecule has 0 spiro atoms. The smallest absolute Gasteiger partial charge is 0.240 e. The molecule has 23 heavy (non-hydrogen) atoms. The second-order valence-corrected chi connectivity index (χ2v) is 6.37. The van der Waals surface area contributed by atoms with E-state index in [1.54, 1.807) is 18.2 Å². The average molecular weight is 339 g/mol. The van der Waals surface area contributed by atoms with Gasteiger partial charge in [-0.25, -0.2) is 17.5 Å². The van der Waals surface area contributed by atoms with Gasteiger partial charge in [0.15, 0.2) is 0 Å². The van der Waals surface area contributed by atoms with Crippen LogP contribution in [-0.2, 0) is 10.0 Å². The minimum absolute atomic E-state index is 0.0113. The van der Waals surface area contributed by atoms with Gasteiger partial charge in [-0.3, -0.25) is 0 Å². The van der Waals surface area contributed by atoms with E-state index in [0.717, 1.165) is 12.1 Å². The summed E-state index contributed by atoms with van der Waals surface area (Å²) in [5, 5.41) is 0. The Hall–Kier alpha value is -2.12. The standard InChI is InChI=1S/C16H18FNO4S/c1-2-21-14-4-3-5-15(12-14)22-11-10-18-23(19,20)16-8-6-13(17)7-9-16/h3-9,12,18H,2,10-11H2,1H3. The molecule has 124 valence electrons. The van der Waals surface area contributed by atoms with Crippen molar-refractivity contribution in [1.29, 1.82) is 0 Å². The van der Waals surface area contributed by atoms with Crippen molar-refractivity contribution in [3.63, 3.8) is 0 Å². The highest BCUT2D eigenvalue weighted by atomic mass is 32.2. The Morgan fingerprint density at radius 2 is 1.70 bits per heavy atom. The van der Waals surface area contributed by atoms with Crippen LogP contribution in [0, 0.1) is 5.82 Å². The van der Waals surface area contributed by atoms with Crippen LogP contribution < -0.4 is 14.2 Å². The first kappa shape index (κ1) is 17.2. The van der Waals surface area contributed by atoms with E-state index in [-0.39, 0.29) is 18.0 Å². The molecule has 0 aliphatic rings. The molecule has 0 aliphatic carbocycles. The lowest BCUT2D eigenvalue weighted by molar-refractivity contribution is 0.313. The van der Waals surface area contributed by atoms with Crippen LogP contribution in [0.3, 0.4) is 0 Å². The number of benzene rings is 2. The van der Waals surface area contributed by atoms with Gasteiger partial charge in [0.1, 0.15) is 23.9 Å². The van der Waals surface area contributed by atoms with Crippen molar-refractivity contribution in [2.75, 3.05) is 19.8 Å². The SMILES string of the molecule is CCOc1cccc(OCCNS(=O)(=O)c2ccc(F)cc2)c1. The van der Waals surface area contributed by atoms with Gasteiger partial charge in [-0.05, 0) is 43.3 Å². The number of halogens is 1. The van der Waals surface area contributed by atoms with Crippen LogP contribution >= 0.6 is 0 Å². The van der Waals surface area contributed by atoms with E-state index in [1.807, 2.05) is 13.0 Å². The first-order valence-electron chi connectivity index (χ1n) is 7.12. The highest BCUT2D eigenvalue weighted by molar-refractivity contribution is 7.89. The molecular formula is C16H18FNO4S. The van der Waals surface area contributed by atoms with Crippen molar-refractivity contribution in [3.05, 3.63) is 54.3 Å². The third-order valence-corrected chi connectivity index (χ3v) is 4.38. The van der Waals surface area contributed by atoms with Crippen molar-refractivity contribution in [2.24, 2.45) is 0 Å². The van der Waals surface area contributed by atoms with Gasteiger partial charge in [-0.1, -0.05) is 6.07 Å². The zero-order chi connectivity index (χ0) is 16.7. The van der Waals surface area contributed by atoms with Gasteiger partial charge in [0.25, 0.3) is 0 Å². The minimum atomic E-state index is -3.67. The van der Waals surface area contributed by atoms with Crippen LogP contribution in [-0.4, -0.2) is 28.2 Å². The number of sulfonamides is 1. The lowest BCUT2D eigenvalue weighted by Crippen LogP contribution is -2.28. The zero-order valence-electron chi connectivity index (χ0n) is 12.7. The van der Waals surface area contributed by atoms with Crippen molar-refractivity contribution in [3.8, 4) is 11.5 Å². The summed E-state index contributed by atoms with van der Waals surface area (Å²) < 4.78 is 50.0. The summed E-state index contributed by atoms with van der Waals surface area (Å²) in [4.78, 5) is 0.0113. The normalized spacial score (nSPS) is 11.2. The van der Waals surface area contributed by atoms with E-state index >= 15 is 0 Å². The Morgan fingerprint density at radius 1 is 1.04 bits per heavy atom. The maximum atomic E-state index is 12.8. The quantitative estimate of drug-likeness (QED) is 0.751. The van der Waals surface area contributed by atoms with Gasteiger partial charge in [-0.15, -0.1) is 0 Å². The molecule has 2 aromatic rings. The largest absolute Gasteiger partial charge is 0.494 e. The summed E-state index contributed by atoms with van der Waals surface area (Å²) >= 11 is 0. The van der Waals surface area contributed by atoms with E-state index in [4.69, 9.17) is 9.47 Å². The van der Waals surface area contributed by atoms with E-state index in [2.05, 4.69) is 4.72 Å². The summed E-state index contributed by atoms with van der Waals surface area (Å²) in [7, 11) is -3.67. The Bertz CT molecular complexity index is 732. The molecule has 0 aliphatic heterocycles. The Kier molecular flexibility index (Phi) is 5.95. The highest BCUT2D eigenvalue weighted by Gasteiger charge is 2.13. The van der Waals surface area contributed by atoms with Crippen LogP contribution in [0.1, 0.15) is 6.92 Å². The summed E-state index contributed by atoms with van der Waals surface area (Å²) in [6.45, 7) is 2.70. The second-order valence-electron chi connectivity index (χ2n) is 4.61. The maximum Gasteiger partial charge on any atom is 0.240 e. The van der Waals surface area contributed by atoms with Crippen LogP contribution in [0.4, 0.5) is 4.39 Å². The van der Waals surface area contributed by atoms with Gasteiger partial charge in [0, 0.05) is 12.6 Å². The molecule has 0 saturated carbocycles. The van der Waals surface area contributed by atoms with Gasteiger partial charge in [0.2, 0.25) is 10.0 Å². The van der Waals surface area contributed by atoms with Crippen LogP contribution in [0.15, 0.2) is 53.4 Å². The van der Waals surface area contributed by atoms with Crippen LogP contribution in [0.25, 0.3) is 0 Å². The Morgan fingerprint density at radius 3 is 2.35 bits per heavy atom. The van der Waals surface area contributed by atoms with E-state index < -0.39 is 15.8 Å². The maximum absolute atomic E-state index is 12.8. The summed E-state index contributed by atoms with van der Waals surface area (Å²) in [5.41, 5.74) is 0. The fourth-order valence-electron chi connectivity index (χ4n) is 1.86. The predicted molar refractivity (Wildman–Crippen MR) is 84.7 cm³/mol. The van der Waals surface area contributed by atoms with Crippen molar-refractivity contribution in [1.82, 2.24) is 4.72 Å². The van der Waals surface area contributed by atoms with Gasteiger partial charge in [-0.2, -0.15) is 0 Å². The third kappa shape index (κ3) is 5.22. The molecule has 0 heterocycles. The van der Waals surface area contributed by atoms with E-state index in [9.17, 15) is 12.8 Å². The molecule has 2 rings (SSSR count). The average Bonchev–Trinajstić information content (AvgIpc) is 2.53. The molecule has 0 amide bonds. The number of rotatable bonds is 8. The summed E-state index contributed by atoms with van der Waals surface area (Å²) in [6.07, 6.45) is 0. The molecule has 0 atom stereocenters. The molecular weight excluding hydrogens is 321 g/mol. The Labute approximate surface area is 135 Å². The zero-order valence-corrected chi connectivity index (χ0v) is 13.5. The molecule has 5 nitrogen and oxygen atoms in total. The predicted octanol–water partition coefficient (Wildman–Crippen LogP) is 2.58. The fourth-order valence-corrected chi connectivity index (χ4v) is 2.88. The lowest BCUT2D eigenvalue weighted by Gasteiger charge is -2.10. The molecule has 1 N–H and O–H groups in total. The molecule has 0 unspecified atom stereocenters. The highest BCUT2D eigenvalue weighted by Crippen LogP contribution is 2.19. The number of hydrogen-bond donors (Lipinski definition) is 1. The van der Waals surface area contributed by atoms with Gasteiger partial charge < -0.3 is 9.47 Å². The topological polar surface area (TPSA) is 64.6 Å². The summed E-state index contributed by atoms with van der Waals surface area (Å²) in [5.74, 6) is 0.801. The molecule has 0 aromatic heterocycles. The fraction of sp³-hybridized carbons (Fsp3) is 0.250. The third-order valence-electron chi connectivity index (χ3n) is 2.90. The van der Waals surface area contributed by atoms with Crippen LogP contribution in [0.2, 0.25) is 0 Å². The monoisotopic (exact) mass is 339 g/mol. The number of hydrogen-bond acceptors (Lipinski definition) is 4. The Balaban J connectivity index is 1.85. The molecule has 0 saturated heterocycles. The first-order chi connectivity index (χ1) is 11.0. The number of ether oxygens (including phenoxy) is 2. The van der Waals surface area contributed by atoms with E-state index in [0.29, 0.717) is 18.1 Å². The molecule has 0 bridgehead atoms. The first-order valence-corrected chi connectivity index (χ1v) is 8.60. The van der Waals surface area contributed by atoms with Crippen molar-refractivity contribution < 1.29 is 22.3 Å².